The van der Waals surface area contributed by atoms with Gasteiger partial charge in [0.1, 0.15) is 0 Å². The maximum absolute atomic E-state index is 3.51. The van der Waals surface area contributed by atoms with Crippen LogP contribution < -0.4 is 5.32 Å². The Labute approximate surface area is 111 Å². The number of likely N-dealkylation sites (tertiary alicyclic amines) is 1. The van der Waals surface area contributed by atoms with Crippen LogP contribution in [-0.4, -0.2) is 37.1 Å². The molecule has 1 aliphatic heterocycles. The molecule has 1 unspecified atom stereocenters. The summed E-state index contributed by atoms with van der Waals surface area (Å²) in [6, 6.07) is 0.733. The van der Waals surface area contributed by atoms with Crippen molar-refractivity contribution in [3.05, 3.63) is 0 Å². The van der Waals surface area contributed by atoms with Crippen LogP contribution >= 0.6 is 0 Å². The van der Waals surface area contributed by atoms with Crippen LogP contribution in [-0.2, 0) is 0 Å². The van der Waals surface area contributed by atoms with Gasteiger partial charge in [0.05, 0.1) is 0 Å². The topological polar surface area (TPSA) is 15.3 Å². The van der Waals surface area contributed by atoms with Gasteiger partial charge in [0.25, 0.3) is 0 Å². The van der Waals surface area contributed by atoms with Crippen molar-refractivity contribution in [1.29, 1.82) is 0 Å². The summed E-state index contributed by atoms with van der Waals surface area (Å²) in [5.41, 5.74) is 0. The Bertz CT molecular complexity index is 163. The minimum Gasteiger partial charge on any atom is -0.317 e. The van der Waals surface area contributed by atoms with Crippen LogP contribution in [0.1, 0.15) is 61.7 Å². The molecule has 17 heavy (non-hydrogen) atoms. The molecule has 0 aromatic heterocycles. The molecule has 1 N–H and O–H groups in total. The normalized spacial score (nSPS) is 21.2. The van der Waals surface area contributed by atoms with E-state index in [1.807, 2.05) is 13.8 Å². The molecule has 1 fully saturated rings. The second kappa shape index (κ2) is 11.0. The van der Waals surface area contributed by atoms with Gasteiger partial charge in [-0.1, -0.05) is 20.8 Å². The lowest BCUT2D eigenvalue weighted by Gasteiger charge is -2.35. The first kappa shape index (κ1) is 16.9. The highest BCUT2D eigenvalue weighted by molar-refractivity contribution is 4.75. The Kier molecular flexibility index (Phi) is 11.0. The number of hydrogen-bond donors (Lipinski definition) is 1. The van der Waals surface area contributed by atoms with E-state index in [0.29, 0.717) is 0 Å². The van der Waals surface area contributed by atoms with Gasteiger partial charge in [-0.2, -0.15) is 0 Å². The molecule has 0 bridgehead atoms. The molecule has 0 aromatic carbocycles. The van der Waals surface area contributed by atoms with Crippen LogP contribution in [0.25, 0.3) is 0 Å². The van der Waals surface area contributed by atoms with E-state index in [1.165, 1.54) is 51.9 Å². The summed E-state index contributed by atoms with van der Waals surface area (Å²) >= 11 is 0. The smallest absolute Gasteiger partial charge is 0.00387 e. The van der Waals surface area contributed by atoms with E-state index in [9.17, 15) is 0 Å². The molecule has 1 saturated heterocycles. The molecule has 0 amide bonds. The predicted molar refractivity (Wildman–Crippen MR) is 80.7 cm³/mol. The fourth-order valence-corrected chi connectivity index (χ4v) is 2.41. The fourth-order valence-electron chi connectivity index (χ4n) is 2.41. The Morgan fingerprint density at radius 1 is 1.29 bits per heavy atom. The standard InChI is InChI=1S/C13H28N2.C2H6.H2/c1-4-8-14-9-7-13-6-5-10-15(11-13)12(2)3;1-2;/h12-14H,4-11H2,1-3H3;1-2H3;1H. The third kappa shape index (κ3) is 7.77. The summed E-state index contributed by atoms with van der Waals surface area (Å²) in [6.45, 7) is 15.9. The van der Waals surface area contributed by atoms with Crippen molar-refractivity contribution in [2.75, 3.05) is 26.2 Å². The molecule has 1 rings (SSSR count). The lowest BCUT2D eigenvalue weighted by atomic mass is 9.94. The van der Waals surface area contributed by atoms with E-state index in [0.717, 1.165) is 12.0 Å². The molecule has 0 spiro atoms. The van der Waals surface area contributed by atoms with E-state index in [2.05, 4.69) is 31.0 Å². The third-order valence-corrected chi connectivity index (χ3v) is 3.44. The van der Waals surface area contributed by atoms with Crippen molar-refractivity contribution in [1.82, 2.24) is 10.2 Å². The molecular weight excluding hydrogens is 208 g/mol. The average Bonchev–Trinajstić information content (AvgIpc) is 2.37. The number of hydrogen-bond acceptors (Lipinski definition) is 2. The van der Waals surface area contributed by atoms with Crippen LogP contribution in [0.3, 0.4) is 0 Å². The summed E-state index contributed by atoms with van der Waals surface area (Å²) in [5, 5.41) is 3.51. The molecule has 0 aliphatic carbocycles. The van der Waals surface area contributed by atoms with Crippen molar-refractivity contribution in [3.63, 3.8) is 0 Å². The van der Waals surface area contributed by atoms with Gasteiger partial charge in [-0.25, -0.2) is 0 Å². The molecule has 2 nitrogen and oxygen atoms in total. The van der Waals surface area contributed by atoms with Crippen molar-refractivity contribution in [2.24, 2.45) is 5.92 Å². The Balaban J connectivity index is 0. The third-order valence-electron chi connectivity index (χ3n) is 3.44. The van der Waals surface area contributed by atoms with Crippen LogP contribution in [0.5, 0.6) is 0 Å². The summed E-state index contributed by atoms with van der Waals surface area (Å²) < 4.78 is 0. The van der Waals surface area contributed by atoms with Crippen LogP contribution in [0.2, 0.25) is 0 Å². The Morgan fingerprint density at radius 2 is 2.00 bits per heavy atom. The number of piperidine rings is 1. The summed E-state index contributed by atoms with van der Waals surface area (Å²) in [4.78, 5) is 2.63. The maximum Gasteiger partial charge on any atom is 0.00387 e. The zero-order chi connectivity index (χ0) is 13.1. The monoisotopic (exact) mass is 244 g/mol. The van der Waals surface area contributed by atoms with Crippen molar-refractivity contribution in [3.8, 4) is 0 Å². The molecule has 2 heteroatoms. The van der Waals surface area contributed by atoms with E-state index in [1.54, 1.807) is 0 Å². The van der Waals surface area contributed by atoms with Gasteiger partial charge >= 0.3 is 0 Å². The quantitative estimate of drug-likeness (QED) is 0.716. The largest absolute Gasteiger partial charge is 0.317 e. The molecule has 0 aromatic rings. The van der Waals surface area contributed by atoms with Crippen molar-refractivity contribution in [2.45, 2.75) is 66.3 Å². The Morgan fingerprint density at radius 3 is 2.59 bits per heavy atom. The maximum atomic E-state index is 3.51. The zero-order valence-electron chi connectivity index (χ0n) is 12.8. The van der Waals surface area contributed by atoms with E-state index in [-0.39, 0.29) is 1.43 Å². The molecule has 1 heterocycles. The summed E-state index contributed by atoms with van der Waals surface area (Å²) in [5.74, 6) is 0.936. The van der Waals surface area contributed by atoms with Gasteiger partial charge in [0.2, 0.25) is 0 Å². The van der Waals surface area contributed by atoms with Gasteiger partial charge < -0.3 is 10.2 Å². The highest BCUT2D eigenvalue weighted by atomic mass is 15.2. The number of nitrogens with one attached hydrogen (secondary N) is 1. The first-order valence-electron chi connectivity index (χ1n) is 7.68. The van der Waals surface area contributed by atoms with Gasteiger partial charge in [-0.15, -0.1) is 0 Å². The second-order valence-electron chi connectivity index (χ2n) is 5.14. The minimum atomic E-state index is 0. The molecule has 1 atom stereocenters. The van der Waals surface area contributed by atoms with E-state index in [4.69, 9.17) is 0 Å². The van der Waals surface area contributed by atoms with Crippen LogP contribution in [0.15, 0.2) is 0 Å². The summed E-state index contributed by atoms with van der Waals surface area (Å²) in [6.07, 6.45) is 5.46. The SMILES string of the molecule is CC.CCCNCCC1CCCN(C(C)C)C1.[HH]. The number of nitrogens with zero attached hydrogens (tertiary/aromatic N) is 1. The van der Waals surface area contributed by atoms with Crippen molar-refractivity contribution >= 4 is 0 Å². The number of rotatable bonds is 6. The highest BCUT2D eigenvalue weighted by Crippen LogP contribution is 2.20. The predicted octanol–water partition coefficient (Wildman–Crippen LogP) is 3.77. The van der Waals surface area contributed by atoms with Gasteiger partial charge in [0, 0.05) is 14.0 Å². The Hall–Kier alpha value is -0.0800. The van der Waals surface area contributed by atoms with E-state index >= 15 is 0 Å². The fraction of sp³-hybridized carbons (Fsp3) is 1.00. The zero-order valence-corrected chi connectivity index (χ0v) is 12.8. The molecule has 1 aliphatic rings. The van der Waals surface area contributed by atoms with Crippen LogP contribution in [0, 0.1) is 5.92 Å². The molecule has 0 radical (unpaired) electrons. The van der Waals surface area contributed by atoms with Gasteiger partial charge in [-0.05, 0) is 65.1 Å². The molecule has 106 valence electrons. The highest BCUT2D eigenvalue weighted by Gasteiger charge is 2.20. The second-order valence-corrected chi connectivity index (χ2v) is 5.14. The van der Waals surface area contributed by atoms with Crippen LogP contribution in [0.4, 0.5) is 0 Å². The van der Waals surface area contributed by atoms with Gasteiger partial charge in [-0.3, -0.25) is 0 Å². The average molecular weight is 244 g/mol. The lowest BCUT2D eigenvalue weighted by molar-refractivity contribution is 0.135. The molecule has 0 saturated carbocycles. The summed E-state index contributed by atoms with van der Waals surface area (Å²) in [7, 11) is 0. The van der Waals surface area contributed by atoms with Gasteiger partial charge in [0.15, 0.2) is 0 Å². The first-order chi connectivity index (χ1) is 8.24. The lowest BCUT2D eigenvalue weighted by Crippen LogP contribution is -2.40. The molecular formula is C15H36N2. The van der Waals surface area contributed by atoms with Crippen molar-refractivity contribution < 1.29 is 1.43 Å². The first-order valence-corrected chi connectivity index (χ1v) is 7.68. The van der Waals surface area contributed by atoms with E-state index < -0.39 is 0 Å². The minimum absolute atomic E-state index is 0.